The predicted octanol–water partition coefficient (Wildman–Crippen LogP) is 1.62. The van der Waals surface area contributed by atoms with Crippen LogP contribution in [0.3, 0.4) is 0 Å². The fraction of sp³-hybridized carbons (Fsp3) is 0.462. The Morgan fingerprint density at radius 3 is 2.88 bits per heavy atom. The lowest BCUT2D eigenvalue weighted by molar-refractivity contribution is 0.0333. The molecule has 1 atom stereocenters. The van der Waals surface area contributed by atoms with Crippen molar-refractivity contribution in [2.75, 3.05) is 20.1 Å². The van der Waals surface area contributed by atoms with E-state index in [0.717, 1.165) is 19.5 Å². The summed E-state index contributed by atoms with van der Waals surface area (Å²) in [5, 5.41) is 3.31. The van der Waals surface area contributed by atoms with Crippen LogP contribution in [0, 0.1) is 0 Å². The molecule has 1 fully saturated rings. The maximum Gasteiger partial charge on any atom is 0.409 e. The van der Waals surface area contributed by atoms with Crippen LogP contribution in [0.2, 0.25) is 0 Å². The Labute approximate surface area is 102 Å². The summed E-state index contributed by atoms with van der Waals surface area (Å²) in [6, 6.07) is 10.2. The molecule has 1 aliphatic rings. The summed E-state index contributed by atoms with van der Waals surface area (Å²) in [4.78, 5) is 12.9. The molecule has 4 nitrogen and oxygen atoms in total. The van der Waals surface area contributed by atoms with Crippen LogP contribution in [-0.4, -0.2) is 37.2 Å². The number of carbonyl (C=O) groups excluding carboxylic acids is 1. The highest BCUT2D eigenvalue weighted by Gasteiger charge is 2.23. The Kier molecular flexibility index (Phi) is 3.98. The zero-order valence-electron chi connectivity index (χ0n) is 10.1. The lowest BCUT2D eigenvalue weighted by Crippen LogP contribution is -2.43. The predicted molar refractivity (Wildman–Crippen MR) is 65.7 cm³/mol. The quantitative estimate of drug-likeness (QED) is 0.860. The molecular weight excluding hydrogens is 216 g/mol. The van der Waals surface area contributed by atoms with E-state index in [1.54, 1.807) is 11.9 Å². The average Bonchev–Trinajstić information content (AvgIpc) is 2.35. The van der Waals surface area contributed by atoms with E-state index >= 15 is 0 Å². The van der Waals surface area contributed by atoms with Crippen molar-refractivity contribution in [1.82, 2.24) is 10.2 Å². The molecule has 1 saturated heterocycles. The number of rotatable bonds is 4. The van der Waals surface area contributed by atoms with Gasteiger partial charge in [0.1, 0.15) is 6.10 Å². The standard InChI is InChI=1S/C13H18N2O2/c1-15-8-7-12(17-13(15)16)10-14-9-11-5-3-2-4-6-11/h2-6,12,14H,7-10H2,1H3. The van der Waals surface area contributed by atoms with Crippen molar-refractivity contribution in [3.63, 3.8) is 0 Å². The molecule has 92 valence electrons. The molecule has 1 aromatic rings. The van der Waals surface area contributed by atoms with Gasteiger partial charge in [0.15, 0.2) is 0 Å². The van der Waals surface area contributed by atoms with Gasteiger partial charge in [-0.05, 0) is 5.56 Å². The topological polar surface area (TPSA) is 41.6 Å². The molecule has 0 aliphatic carbocycles. The molecule has 2 rings (SSSR count). The molecule has 1 aromatic carbocycles. The Balaban J connectivity index is 1.71. The number of carbonyl (C=O) groups is 1. The number of benzene rings is 1. The second-order valence-corrected chi connectivity index (χ2v) is 4.33. The summed E-state index contributed by atoms with van der Waals surface area (Å²) in [6.45, 7) is 2.30. The van der Waals surface area contributed by atoms with E-state index in [-0.39, 0.29) is 12.2 Å². The van der Waals surface area contributed by atoms with Crippen molar-refractivity contribution in [3.8, 4) is 0 Å². The summed E-state index contributed by atoms with van der Waals surface area (Å²) < 4.78 is 5.26. The molecule has 1 unspecified atom stereocenters. The third-order valence-electron chi connectivity index (χ3n) is 2.91. The zero-order valence-corrected chi connectivity index (χ0v) is 10.1. The van der Waals surface area contributed by atoms with Gasteiger partial charge in [-0.25, -0.2) is 4.79 Å². The third-order valence-corrected chi connectivity index (χ3v) is 2.91. The van der Waals surface area contributed by atoms with E-state index in [1.807, 2.05) is 18.2 Å². The van der Waals surface area contributed by atoms with Crippen LogP contribution < -0.4 is 5.32 Å². The number of nitrogens with zero attached hydrogens (tertiary/aromatic N) is 1. The number of ether oxygens (including phenoxy) is 1. The van der Waals surface area contributed by atoms with Crippen LogP contribution in [0.15, 0.2) is 30.3 Å². The number of hydrogen-bond acceptors (Lipinski definition) is 3. The van der Waals surface area contributed by atoms with Crippen molar-refractivity contribution in [2.24, 2.45) is 0 Å². The Hall–Kier alpha value is -1.55. The first-order chi connectivity index (χ1) is 8.25. The second-order valence-electron chi connectivity index (χ2n) is 4.33. The van der Waals surface area contributed by atoms with Crippen LogP contribution in [0.5, 0.6) is 0 Å². The lowest BCUT2D eigenvalue weighted by atomic mass is 10.2. The lowest BCUT2D eigenvalue weighted by Gasteiger charge is -2.29. The van der Waals surface area contributed by atoms with Gasteiger partial charge in [-0.1, -0.05) is 30.3 Å². The smallest absolute Gasteiger partial charge is 0.409 e. The number of hydrogen-bond donors (Lipinski definition) is 1. The fourth-order valence-corrected chi connectivity index (χ4v) is 1.84. The van der Waals surface area contributed by atoms with Gasteiger partial charge in [-0.3, -0.25) is 0 Å². The SMILES string of the molecule is CN1CCC(CNCc2ccccc2)OC1=O. The molecule has 1 aliphatic heterocycles. The molecule has 0 radical (unpaired) electrons. The first-order valence-electron chi connectivity index (χ1n) is 5.92. The first-order valence-corrected chi connectivity index (χ1v) is 5.92. The van der Waals surface area contributed by atoms with Crippen molar-refractivity contribution in [3.05, 3.63) is 35.9 Å². The monoisotopic (exact) mass is 234 g/mol. The highest BCUT2D eigenvalue weighted by Crippen LogP contribution is 2.09. The van der Waals surface area contributed by atoms with Gasteiger partial charge in [0, 0.05) is 33.1 Å². The van der Waals surface area contributed by atoms with E-state index in [4.69, 9.17) is 4.74 Å². The van der Waals surface area contributed by atoms with Crippen LogP contribution in [0.1, 0.15) is 12.0 Å². The maximum absolute atomic E-state index is 11.3. The van der Waals surface area contributed by atoms with Crippen LogP contribution >= 0.6 is 0 Å². The maximum atomic E-state index is 11.3. The summed E-state index contributed by atoms with van der Waals surface area (Å²) in [5.41, 5.74) is 1.24. The Morgan fingerprint density at radius 2 is 2.18 bits per heavy atom. The van der Waals surface area contributed by atoms with E-state index in [9.17, 15) is 4.79 Å². The molecule has 1 N–H and O–H groups in total. The summed E-state index contributed by atoms with van der Waals surface area (Å²) >= 11 is 0. The van der Waals surface area contributed by atoms with Crippen LogP contribution in [-0.2, 0) is 11.3 Å². The minimum atomic E-state index is -0.220. The summed E-state index contributed by atoms with van der Waals surface area (Å²) in [7, 11) is 1.76. The van der Waals surface area contributed by atoms with E-state index in [0.29, 0.717) is 6.54 Å². The van der Waals surface area contributed by atoms with Gasteiger partial charge < -0.3 is 15.0 Å². The van der Waals surface area contributed by atoms with Gasteiger partial charge in [0.25, 0.3) is 0 Å². The van der Waals surface area contributed by atoms with Gasteiger partial charge in [0.05, 0.1) is 0 Å². The molecule has 0 spiro atoms. The molecule has 1 heterocycles. The third kappa shape index (κ3) is 3.46. The average molecular weight is 234 g/mol. The summed E-state index contributed by atoms with van der Waals surface area (Å²) in [5.74, 6) is 0. The first kappa shape index (κ1) is 11.9. The fourth-order valence-electron chi connectivity index (χ4n) is 1.84. The number of nitrogens with one attached hydrogen (secondary N) is 1. The van der Waals surface area contributed by atoms with Crippen molar-refractivity contribution in [1.29, 1.82) is 0 Å². The molecule has 0 saturated carbocycles. The molecule has 1 amide bonds. The van der Waals surface area contributed by atoms with E-state index in [1.165, 1.54) is 5.56 Å². The molecule has 17 heavy (non-hydrogen) atoms. The number of cyclic esters (lactones) is 1. The van der Waals surface area contributed by atoms with E-state index in [2.05, 4.69) is 17.4 Å². The second kappa shape index (κ2) is 5.68. The largest absolute Gasteiger partial charge is 0.445 e. The van der Waals surface area contributed by atoms with Gasteiger partial charge in [0.2, 0.25) is 0 Å². The minimum absolute atomic E-state index is 0.00223. The highest BCUT2D eigenvalue weighted by atomic mass is 16.6. The van der Waals surface area contributed by atoms with Gasteiger partial charge in [-0.15, -0.1) is 0 Å². The summed E-state index contributed by atoms with van der Waals surface area (Å²) in [6.07, 6.45) is 0.675. The molecular formula is C13H18N2O2. The van der Waals surface area contributed by atoms with Gasteiger partial charge in [-0.2, -0.15) is 0 Å². The van der Waals surface area contributed by atoms with Crippen LogP contribution in [0.25, 0.3) is 0 Å². The van der Waals surface area contributed by atoms with Crippen molar-refractivity contribution < 1.29 is 9.53 Å². The van der Waals surface area contributed by atoms with Gasteiger partial charge >= 0.3 is 6.09 Å². The molecule has 4 heteroatoms. The normalized spacial score (nSPS) is 20.2. The highest BCUT2D eigenvalue weighted by molar-refractivity contribution is 5.68. The zero-order chi connectivity index (χ0) is 12.1. The molecule has 0 bridgehead atoms. The van der Waals surface area contributed by atoms with Crippen LogP contribution in [0.4, 0.5) is 4.79 Å². The number of amides is 1. The van der Waals surface area contributed by atoms with Crippen molar-refractivity contribution >= 4 is 6.09 Å². The molecule has 0 aromatic heterocycles. The Morgan fingerprint density at radius 1 is 1.41 bits per heavy atom. The van der Waals surface area contributed by atoms with E-state index < -0.39 is 0 Å². The minimum Gasteiger partial charge on any atom is -0.445 e. The van der Waals surface area contributed by atoms with Crippen molar-refractivity contribution in [2.45, 2.75) is 19.1 Å². The Bertz CT molecular complexity index is 367.